The molecule has 16 heavy (non-hydrogen) atoms. The molecule has 1 aromatic carbocycles. The Morgan fingerprint density at radius 3 is 2.88 bits per heavy atom. The molecule has 1 aromatic rings. The number of ether oxygens (including phenoxy) is 1. The molecule has 0 bridgehead atoms. The van der Waals surface area contributed by atoms with Gasteiger partial charge < -0.3 is 10.5 Å². The van der Waals surface area contributed by atoms with Gasteiger partial charge in [0.25, 0.3) is 5.69 Å². The number of rotatable bonds is 5. The number of nitrogens with zero attached hydrogens (tertiary/aromatic N) is 1. The normalized spacial score (nSPS) is 10.6. The van der Waals surface area contributed by atoms with E-state index in [1.54, 1.807) is 18.2 Å². The first-order valence-electron chi connectivity index (χ1n) is 4.88. The molecular weight excluding hydrogens is 208 g/mol. The highest BCUT2D eigenvalue weighted by Crippen LogP contribution is 2.23. The minimum absolute atomic E-state index is 0.0309. The van der Waals surface area contributed by atoms with E-state index in [1.807, 2.05) is 6.92 Å². The van der Waals surface area contributed by atoms with Gasteiger partial charge >= 0.3 is 0 Å². The first kappa shape index (κ1) is 12.2. The smallest absolute Gasteiger partial charge is 0.273 e. The van der Waals surface area contributed by atoms with Crippen LogP contribution in [0.3, 0.4) is 0 Å². The van der Waals surface area contributed by atoms with Crippen LogP contribution in [0.15, 0.2) is 30.4 Å². The lowest BCUT2D eigenvalue weighted by atomic mass is 10.2. The first-order chi connectivity index (χ1) is 7.65. The summed E-state index contributed by atoms with van der Waals surface area (Å²) < 4.78 is 5.38. The zero-order valence-corrected chi connectivity index (χ0v) is 9.05. The maximum atomic E-state index is 10.6. The average Bonchev–Trinajstić information content (AvgIpc) is 2.26. The molecule has 0 aliphatic carbocycles. The lowest BCUT2D eigenvalue weighted by Gasteiger charge is -2.06. The molecule has 2 N–H and O–H groups in total. The van der Waals surface area contributed by atoms with Gasteiger partial charge in [0.2, 0.25) is 0 Å². The van der Waals surface area contributed by atoms with Gasteiger partial charge in [-0.25, -0.2) is 0 Å². The van der Waals surface area contributed by atoms with Gasteiger partial charge in [-0.15, -0.1) is 0 Å². The van der Waals surface area contributed by atoms with Crippen LogP contribution in [0, 0.1) is 17.0 Å². The maximum absolute atomic E-state index is 10.6. The van der Waals surface area contributed by atoms with Gasteiger partial charge in [-0.1, -0.05) is 12.2 Å². The van der Waals surface area contributed by atoms with Crippen molar-refractivity contribution in [3.05, 3.63) is 46.0 Å². The van der Waals surface area contributed by atoms with E-state index in [0.29, 0.717) is 18.9 Å². The van der Waals surface area contributed by atoms with Crippen LogP contribution in [-0.4, -0.2) is 18.1 Å². The molecule has 0 aromatic heterocycles. The van der Waals surface area contributed by atoms with E-state index in [-0.39, 0.29) is 5.69 Å². The Morgan fingerprint density at radius 1 is 1.50 bits per heavy atom. The van der Waals surface area contributed by atoms with Gasteiger partial charge in [-0.2, -0.15) is 0 Å². The Balaban J connectivity index is 2.74. The molecule has 0 atom stereocenters. The van der Waals surface area contributed by atoms with Crippen LogP contribution in [0.2, 0.25) is 0 Å². The third kappa shape index (κ3) is 3.36. The lowest BCUT2D eigenvalue weighted by molar-refractivity contribution is -0.384. The fraction of sp³-hybridized carbons (Fsp3) is 0.273. The molecule has 0 aliphatic rings. The molecule has 0 radical (unpaired) electrons. The van der Waals surface area contributed by atoms with E-state index >= 15 is 0 Å². The number of aryl methyl sites for hydroxylation is 1. The Bertz CT molecular complexity index is 402. The van der Waals surface area contributed by atoms with Crippen molar-refractivity contribution in [3.63, 3.8) is 0 Å². The van der Waals surface area contributed by atoms with Crippen LogP contribution in [0.4, 0.5) is 5.69 Å². The topological polar surface area (TPSA) is 78.4 Å². The van der Waals surface area contributed by atoms with Crippen LogP contribution in [0.25, 0.3) is 0 Å². The van der Waals surface area contributed by atoms with Crippen LogP contribution >= 0.6 is 0 Å². The molecule has 1 rings (SSSR count). The predicted molar refractivity (Wildman–Crippen MR) is 61.5 cm³/mol. The van der Waals surface area contributed by atoms with Crippen molar-refractivity contribution in [1.82, 2.24) is 0 Å². The van der Waals surface area contributed by atoms with E-state index in [0.717, 1.165) is 5.56 Å². The van der Waals surface area contributed by atoms with E-state index in [4.69, 9.17) is 10.5 Å². The van der Waals surface area contributed by atoms with Crippen molar-refractivity contribution in [3.8, 4) is 5.75 Å². The average molecular weight is 222 g/mol. The molecule has 0 saturated carbocycles. The Labute approximate surface area is 93.7 Å². The number of nitro groups is 1. The number of hydrogen-bond acceptors (Lipinski definition) is 4. The van der Waals surface area contributed by atoms with Crippen LogP contribution in [-0.2, 0) is 0 Å². The van der Waals surface area contributed by atoms with Gasteiger partial charge in [-0.3, -0.25) is 10.1 Å². The molecule has 86 valence electrons. The SMILES string of the molecule is Cc1ccc([N+](=O)[O-])cc1OCC=CCN. The molecule has 0 amide bonds. The van der Waals surface area contributed by atoms with Crippen molar-refractivity contribution in [2.45, 2.75) is 6.92 Å². The number of non-ortho nitro benzene ring substituents is 1. The fourth-order valence-corrected chi connectivity index (χ4v) is 1.16. The summed E-state index contributed by atoms with van der Waals surface area (Å²) in [7, 11) is 0. The van der Waals surface area contributed by atoms with Gasteiger partial charge in [0.15, 0.2) is 0 Å². The van der Waals surface area contributed by atoms with Crippen LogP contribution in [0.5, 0.6) is 5.75 Å². The highest BCUT2D eigenvalue weighted by atomic mass is 16.6. The monoisotopic (exact) mass is 222 g/mol. The summed E-state index contributed by atoms with van der Waals surface area (Å²) >= 11 is 0. The zero-order valence-electron chi connectivity index (χ0n) is 9.05. The van der Waals surface area contributed by atoms with Gasteiger partial charge in [0.1, 0.15) is 12.4 Å². The summed E-state index contributed by atoms with van der Waals surface area (Å²) in [5.74, 6) is 0.524. The molecule has 5 nitrogen and oxygen atoms in total. The maximum Gasteiger partial charge on any atom is 0.273 e. The Hall–Kier alpha value is -1.88. The summed E-state index contributed by atoms with van der Waals surface area (Å²) in [4.78, 5) is 10.1. The van der Waals surface area contributed by atoms with Crippen molar-refractivity contribution in [2.75, 3.05) is 13.2 Å². The number of hydrogen-bond donors (Lipinski definition) is 1. The third-order valence-electron chi connectivity index (χ3n) is 2.02. The predicted octanol–water partition coefficient (Wildman–Crippen LogP) is 1.80. The van der Waals surface area contributed by atoms with Crippen LogP contribution in [0.1, 0.15) is 5.56 Å². The largest absolute Gasteiger partial charge is 0.489 e. The molecule has 0 spiro atoms. The van der Waals surface area contributed by atoms with E-state index in [2.05, 4.69) is 0 Å². The lowest BCUT2D eigenvalue weighted by Crippen LogP contribution is -1.99. The summed E-state index contributed by atoms with van der Waals surface area (Å²) in [6.45, 7) is 2.65. The summed E-state index contributed by atoms with van der Waals surface area (Å²) in [6.07, 6.45) is 3.55. The number of benzene rings is 1. The minimum Gasteiger partial charge on any atom is -0.489 e. The van der Waals surface area contributed by atoms with E-state index in [1.165, 1.54) is 12.1 Å². The standard InChI is InChI=1S/C11H14N2O3/c1-9-4-5-10(13(14)15)8-11(9)16-7-3-2-6-12/h2-5,8H,6-7,12H2,1H3. The second-order valence-electron chi connectivity index (χ2n) is 3.23. The van der Waals surface area contributed by atoms with Gasteiger partial charge in [0, 0.05) is 12.6 Å². The van der Waals surface area contributed by atoms with Crippen molar-refractivity contribution < 1.29 is 9.66 Å². The van der Waals surface area contributed by atoms with Gasteiger partial charge in [0.05, 0.1) is 11.0 Å². The van der Waals surface area contributed by atoms with Crippen molar-refractivity contribution in [1.29, 1.82) is 0 Å². The van der Waals surface area contributed by atoms with E-state index in [9.17, 15) is 10.1 Å². The molecule has 0 fully saturated rings. The van der Waals surface area contributed by atoms with Crippen LogP contribution < -0.4 is 10.5 Å². The number of nitrogens with two attached hydrogens (primary N) is 1. The third-order valence-corrected chi connectivity index (χ3v) is 2.02. The van der Waals surface area contributed by atoms with Gasteiger partial charge in [-0.05, 0) is 18.6 Å². The molecule has 0 saturated heterocycles. The van der Waals surface area contributed by atoms with Crippen molar-refractivity contribution in [2.24, 2.45) is 5.73 Å². The second-order valence-corrected chi connectivity index (χ2v) is 3.23. The highest BCUT2D eigenvalue weighted by Gasteiger charge is 2.08. The molecule has 0 unspecified atom stereocenters. The summed E-state index contributed by atoms with van der Waals surface area (Å²) in [6, 6.07) is 4.55. The number of nitro benzene ring substituents is 1. The molecular formula is C11H14N2O3. The molecule has 0 aliphatic heterocycles. The second kappa shape index (κ2) is 5.87. The molecule has 5 heteroatoms. The van der Waals surface area contributed by atoms with Crippen molar-refractivity contribution >= 4 is 5.69 Å². The summed E-state index contributed by atoms with van der Waals surface area (Å²) in [5, 5.41) is 10.6. The Kier molecular flexibility index (Phi) is 4.47. The fourth-order valence-electron chi connectivity index (χ4n) is 1.16. The zero-order chi connectivity index (χ0) is 12.0. The quantitative estimate of drug-likeness (QED) is 0.468. The molecule has 0 heterocycles. The van der Waals surface area contributed by atoms with E-state index < -0.39 is 4.92 Å². The minimum atomic E-state index is -0.442. The first-order valence-corrected chi connectivity index (χ1v) is 4.88. The highest BCUT2D eigenvalue weighted by molar-refractivity contribution is 5.43. The Morgan fingerprint density at radius 2 is 2.25 bits per heavy atom. The summed E-state index contributed by atoms with van der Waals surface area (Å²) in [5.41, 5.74) is 6.17.